The van der Waals surface area contributed by atoms with E-state index >= 15 is 0 Å². The van der Waals surface area contributed by atoms with Crippen molar-refractivity contribution in [3.05, 3.63) is 48.0 Å². The molecule has 0 saturated heterocycles. The molecule has 0 heterocycles. The number of nitrogens with one attached hydrogen (secondary N) is 1. The summed E-state index contributed by atoms with van der Waals surface area (Å²) in [4.78, 5) is 24.1. The molecule has 2 aromatic rings. The lowest BCUT2D eigenvalue weighted by molar-refractivity contribution is -0.147. The van der Waals surface area contributed by atoms with Gasteiger partial charge in [0.2, 0.25) is 0 Å². The Labute approximate surface area is 177 Å². The molecule has 7 nitrogen and oxygen atoms in total. The van der Waals surface area contributed by atoms with Gasteiger partial charge in [-0.3, -0.25) is 9.59 Å². The van der Waals surface area contributed by atoms with Gasteiger partial charge < -0.3 is 24.3 Å². The largest absolute Gasteiger partial charge is 0.494 e. The molecule has 0 fully saturated rings. The van der Waals surface area contributed by atoms with E-state index in [1.54, 1.807) is 18.2 Å². The van der Waals surface area contributed by atoms with Gasteiger partial charge in [-0.15, -0.1) is 0 Å². The minimum Gasteiger partial charge on any atom is -0.494 e. The molecule has 7 heteroatoms. The summed E-state index contributed by atoms with van der Waals surface area (Å²) in [6, 6.07) is 12.7. The second kappa shape index (κ2) is 12.4. The van der Waals surface area contributed by atoms with Crippen LogP contribution >= 0.6 is 0 Å². The monoisotopic (exact) mass is 415 g/mol. The third-order valence-corrected chi connectivity index (χ3v) is 4.06. The van der Waals surface area contributed by atoms with Crippen molar-refractivity contribution in [1.29, 1.82) is 0 Å². The average molecular weight is 415 g/mol. The summed E-state index contributed by atoms with van der Waals surface area (Å²) in [5, 5.41) is 2.69. The van der Waals surface area contributed by atoms with Gasteiger partial charge in [-0.1, -0.05) is 18.2 Å². The van der Waals surface area contributed by atoms with Crippen LogP contribution in [0.4, 0.5) is 5.69 Å². The summed E-state index contributed by atoms with van der Waals surface area (Å²) in [5.41, 5.74) is 1.46. The highest BCUT2D eigenvalue weighted by Gasteiger charge is 2.12. The minimum absolute atomic E-state index is 0.162. The summed E-state index contributed by atoms with van der Waals surface area (Å²) >= 11 is 0. The van der Waals surface area contributed by atoms with Crippen LogP contribution in [0.2, 0.25) is 0 Å². The van der Waals surface area contributed by atoms with Crippen molar-refractivity contribution in [3.8, 4) is 17.2 Å². The van der Waals surface area contributed by atoms with Gasteiger partial charge in [0.1, 0.15) is 5.75 Å². The van der Waals surface area contributed by atoms with Gasteiger partial charge >= 0.3 is 5.97 Å². The smallest absolute Gasteiger partial charge is 0.306 e. The molecule has 0 aromatic heterocycles. The fourth-order valence-corrected chi connectivity index (χ4v) is 2.79. The fourth-order valence-electron chi connectivity index (χ4n) is 2.79. The number of hydrogen-bond donors (Lipinski definition) is 1. The zero-order chi connectivity index (χ0) is 21.8. The molecule has 0 aliphatic heterocycles. The van der Waals surface area contributed by atoms with Gasteiger partial charge in [-0.05, 0) is 51.0 Å². The first kappa shape index (κ1) is 23.1. The van der Waals surface area contributed by atoms with E-state index in [4.69, 9.17) is 18.9 Å². The van der Waals surface area contributed by atoms with Gasteiger partial charge in [0.05, 0.1) is 19.8 Å². The van der Waals surface area contributed by atoms with Gasteiger partial charge in [0.25, 0.3) is 5.91 Å². The van der Waals surface area contributed by atoms with Crippen molar-refractivity contribution >= 4 is 17.6 Å². The Bertz CT molecular complexity index is 836. The summed E-state index contributed by atoms with van der Waals surface area (Å²) in [6.45, 7) is 6.84. The van der Waals surface area contributed by atoms with Crippen LogP contribution in [0.1, 0.15) is 32.8 Å². The SMILES string of the molecule is CCOc1ccccc1CCC(=O)OCC(=O)Nc1ccc(OCC)c(OCC)c1. The number of esters is 1. The van der Waals surface area contributed by atoms with Gasteiger partial charge in [0, 0.05) is 18.2 Å². The fraction of sp³-hybridized carbons (Fsp3) is 0.391. The van der Waals surface area contributed by atoms with Crippen molar-refractivity contribution in [2.24, 2.45) is 0 Å². The molecule has 30 heavy (non-hydrogen) atoms. The average Bonchev–Trinajstić information content (AvgIpc) is 2.74. The van der Waals surface area contributed by atoms with E-state index in [-0.39, 0.29) is 13.0 Å². The standard InChI is InChI=1S/C23H29NO6/c1-4-27-19-10-8-7-9-17(19)11-14-23(26)30-16-22(25)24-18-12-13-20(28-5-2)21(15-18)29-6-3/h7-10,12-13,15H,4-6,11,14,16H2,1-3H3,(H,24,25). The van der Waals surface area contributed by atoms with Crippen molar-refractivity contribution < 1.29 is 28.5 Å². The van der Waals surface area contributed by atoms with Gasteiger partial charge in [0.15, 0.2) is 18.1 Å². The molecule has 0 spiro atoms. The number of ether oxygens (including phenoxy) is 4. The molecule has 0 aliphatic rings. The Morgan fingerprint density at radius 2 is 1.50 bits per heavy atom. The van der Waals surface area contributed by atoms with E-state index < -0.39 is 11.9 Å². The van der Waals surface area contributed by atoms with Crippen LogP contribution in [0.3, 0.4) is 0 Å². The molecule has 0 atom stereocenters. The van der Waals surface area contributed by atoms with Crippen molar-refractivity contribution in [1.82, 2.24) is 0 Å². The van der Waals surface area contributed by atoms with Gasteiger partial charge in [-0.2, -0.15) is 0 Å². The minimum atomic E-state index is -0.446. The number of carbonyl (C=O) groups is 2. The quantitative estimate of drug-likeness (QED) is 0.528. The lowest BCUT2D eigenvalue weighted by Gasteiger charge is -2.13. The second-order valence-corrected chi connectivity index (χ2v) is 6.28. The van der Waals surface area contributed by atoms with Crippen LogP contribution in [0.25, 0.3) is 0 Å². The molecule has 0 unspecified atom stereocenters. The summed E-state index contributed by atoms with van der Waals surface area (Å²) < 4.78 is 21.7. The van der Waals surface area contributed by atoms with E-state index in [1.165, 1.54) is 0 Å². The van der Waals surface area contributed by atoms with Crippen molar-refractivity contribution in [2.45, 2.75) is 33.6 Å². The summed E-state index contributed by atoms with van der Waals surface area (Å²) in [6.07, 6.45) is 0.641. The molecule has 1 N–H and O–H groups in total. The van der Waals surface area contributed by atoms with Crippen LogP contribution < -0.4 is 19.5 Å². The Morgan fingerprint density at radius 3 is 2.23 bits per heavy atom. The highest BCUT2D eigenvalue weighted by molar-refractivity contribution is 5.93. The number of aryl methyl sites for hydroxylation is 1. The van der Waals surface area contributed by atoms with E-state index in [9.17, 15) is 9.59 Å². The molecule has 2 aromatic carbocycles. The molecule has 0 saturated carbocycles. The Morgan fingerprint density at radius 1 is 0.833 bits per heavy atom. The molecule has 0 radical (unpaired) electrons. The number of amides is 1. The highest BCUT2D eigenvalue weighted by Crippen LogP contribution is 2.30. The Balaban J connectivity index is 1.83. The zero-order valence-electron chi connectivity index (χ0n) is 17.7. The molecule has 0 aliphatic carbocycles. The molecular formula is C23H29NO6. The number of hydrogen-bond acceptors (Lipinski definition) is 6. The predicted octanol–water partition coefficient (Wildman–Crippen LogP) is 4.00. The molecule has 162 valence electrons. The van der Waals surface area contributed by atoms with E-state index in [2.05, 4.69) is 5.32 Å². The Kier molecular flexibility index (Phi) is 9.51. The van der Waals surface area contributed by atoms with E-state index in [1.807, 2.05) is 45.0 Å². The zero-order valence-corrected chi connectivity index (χ0v) is 17.7. The first-order chi connectivity index (χ1) is 14.6. The van der Waals surface area contributed by atoms with E-state index in [0.717, 1.165) is 11.3 Å². The number of carbonyl (C=O) groups excluding carboxylic acids is 2. The Hall–Kier alpha value is -3.22. The summed E-state index contributed by atoms with van der Waals surface area (Å²) in [5.74, 6) is 1.03. The van der Waals surface area contributed by atoms with Gasteiger partial charge in [-0.25, -0.2) is 0 Å². The lowest BCUT2D eigenvalue weighted by atomic mass is 10.1. The van der Waals surface area contributed by atoms with Crippen LogP contribution in [-0.4, -0.2) is 38.3 Å². The lowest BCUT2D eigenvalue weighted by Crippen LogP contribution is -2.21. The maximum absolute atomic E-state index is 12.1. The second-order valence-electron chi connectivity index (χ2n) is 6.28. The molecule has 1 amide bonds. The van der Waals surface area contributed by atoms with Crippen molar-refractivity contribution in [3.63, 3.8) is 0 Å². The highest BCUT2D eigenvalue weighted by atomic mass is 16.5. The maximum Gasteiger partial charge on any atom is 0.306 e. The first-order valence-electron chi connectivity index (χ1n) is 10.1. The van der Waals surface area contributed by atoms with E-state index in [0.29, 0.717) is 43.4 Å². The normalized spacial score (nSPS) is 10.2. The molecule has 2 rings (SSSR count). The van der Waals surface area contributed by atoms with Crippen LogP contribution in [0, 0.1) is 0 Å². The number of rotatable bonds is 12. The van der Waals surface area contributed by atoms with Crippen molar-refractivity contribution in [2.75, 3.05) is 31.7 Å². The molecular weight excluding hydrogens is 386 g/mol. The van der Waals surface area contributed by atoms with Crippen LogP contribution in [0.15, 0.2) is 42.5 Å². The predicted molar refractivity (Wildman–Crippen MR) is 114 cm³/mol. The van der Waals surface area contributed by atoms with Crippen LogP contribution in [-0.2, 0) is 20.7 Å². The summed E-state index contributed by atoms with van der Waals surface area (Å²) in [7, 11) is 0. The number of benzene rings is 2. The number of para-hydroxylation sites is 1. The maximum atomic E-state index is 12.1. The van der Waals surface area contributed by atoms with Crippen LogP contribution in [0.5, 0.6) is 17.2 Å². The number of anilines is 1. The topological polar surface area (TPSA) is 83.1 Å². The molecule has 0 bridgehead atoms. The third-order valence-electron chi connectivity index (χ3n) is 4.06. The third kappa shape index (κ3) is 7.31. The first-order valence-corrected chi connectivity index (χ1v) is 10.1.